The lowest BCUT2D eigenvalue weighted by molar-refractivity contribution is 0.802. The average Bonchev–Trinajstić information content (AvgIpc) is 2.99. The van der Waals surface area contributed by atoms with E-state index in [9.17, 15) is 0 Å². The molecule has 1 saturated carbocycles. The number of thiol groups is 1. The number of hydrogen-bond donors (Lipinski definition) is 2. The molecule has 1 aromatic carbocycles. The third-order valence-electron chi connectivity index (χ3n) is 2.93. The standard InChI is InChI=1S/C11H15NS/c12-7-9-2-1-3-10(6-9)11(8-13)4-5-11/h1-3,6,13H,4-5,7-8,12H2. The lowest BCUT2D eigenvalue weighted by Crippen LogP contribution is -2.09. The normalized spacial score (nSPS) is 18.6. The number of hydrogen-bond acceptors (Lipinski definition) is 2. The van der Waals surface area contributed by atoms with Crippen molar-refractivity contribution in [2.24, 2.45) is 5.73 Å². The van der Waals surface area contributed by atoms with Crippen LogP contribution in [0.4, 0.5) is 0 Å². The van der Waals surface area contributed by atoms with Crippen LogP contribution in [0.15, 0.2) is 24.3 Å². The summed E-state index contributed by atoms with van der Waals surface area (Å²) >= 11 is 4.41. The van der Waals surface area contributed by atoms with Gasteiger partial charge in [0.15, 0.2) is 0 Å². The van der Waals surface area contributed by atoms with Gasteiger partial charge in [0.25, 0.3) is 0 Å². The first-order chi connectivity index (χ1) is 6.30. The van der Waals surface area contributed by atoms with Gasteiger partial charge in [0.1, 0.15) is 0 Å². The van der Waals surface area contributed by atoms with Crippen LogP contribution in [0.3, 0.4) is 0 Å². The largest absolute Gasteiger partial charge is 0.326 e. The summed E-state index contributed by atoms with van der Waals surface area (Å²) < 4.78 is 0. The molecule has 1 nitrogen and oxygen atoms in total. The van der Waals surface area contributed by atoms with Crippen LogP contribution in [0.2, 0.25) is 0 Å². The van der Waals surface area contributed by atoms with Gasteiger partial charge < -0.3 is 5.73 Å². The Hall–Kier alpha value is -0.470. The van der Waals surface area contributed by atoms with E-state index >= 15 is 0 Å². The van der Waals surface area contributed by atoms with E-state index in [2.05, 4.69) is 36.9 Å². The zero-order valence-electron chi connectivity index (χ0n) is 7.66. The number of benzene rings is 1. The molecule has 0 spiro atoms. The molecule has 1 fully saturated rings. The van der Waals surface area contributed by atoms with Crippen molar-refractivity contribution in [2.75, 3.05) is 5.75 Å². The SMILES string of the molecule is NCc1cccc(C2(CS)CC2)c1. The maximum absolute atomic E-state index is 5.60. The molecule has 1 aliphatic carbocycles. The summed E-state index contributed by atoms with van der Waals surface area (Å²) in [6, 6.07) is 8.60. The predicted octanol–water partition coefficient (Wildman–Crippen LogP) is 2.11. The predicted molar refractivity (Wildman–Crippen MR) is 59.1 cm³/mol. The molecule has 2 N–H and O–H groups in total. The highest BCUT2D eigenvalue weighted by molar-refractivity contribution is 7.80. The zero-order chi connectivity index (χ0) is 9.31. The minimum absolute atomic E-state index is 0.383. The lowest BCUT2D eigenvalue weighted by atomic mass is 9.96. The van der Waals surface area contributed by atoms with Crippen LogP contribution < -0.4 is 5.73 Å². The second kappa shape index (κ2) is 3.35. The number of rotatable bonds is 3. The third kappa shape index (κ3) is 1.61. The molecule has 0 unspecified atom stereocenters. The average molecular weight is 193 g/mol. The van der Waals surface area contributed by atoms with E-state index in [-0.39, 0.29) is 0 Å². The molecular weight excluding hydrogens is 178 g/mol. The Bertz CT molecular complexity index is 305. The second-order valence-electron chi connectivity index (χ2n) is 3.84. The molecule has 2 rings (SSSR count). The molecule has 0 atom stereocenters. The lowest BCUT2D eigenvalue weighted by Gasteiger charge is -2.13. The molecule has 70 valence electrons. The van der Waals surface area contributed by atoms with Gasteiger partial charge in [-0.3, -0.25) is 0 Å². The minimum Gasteiger partial charge on any atom is -0.326 e. The fourth-order valence-electron chi connectivity index (χ4n) is 1.72. The summed E-state index contributed by atoms with van der Waals surface area (Å²) in [6.07, 6.45) is 2.56. The highest BCUT2D eigenvalue weighted by atomic mass is 32.1. The Morgan fingerprint density at radius 2 is 2.15 bits per heavy atom. The topological polar surface area (TPSA) is 26.0 Å². The minimum atomic E-state index is 0.383. The first-order valence-electron chi connectivity index (χ1n) is 4.71. The summed E-state index contributed by atoms with van der Waals surface area (Å²) in [5, 5.41) is 0. The fraction of sp³-hybridized carbons (Fsp3) is 0.455. The molecule has 13 heavy (non-hydrogen) atoms. The van der Waals surface area contributed by atoms with Crippen molar-refractivity contribution in [3.8, 4) is 0 Å². The van der Waals surface area contributed by atoms with Gasteiger partial charge in [-0.05, 0) is 29.7 Å². The van der Waals surface area contributed by atoms with Crippen LogP contribution in [0.25, 0.3) is 0 Å². The summed E-state index contributed by atoms with van der Waals surface area (Å²) in [5.41, 5.74) is 8.64. The van der Waals surface area contributed by atoms with Crippen LogP contribution in [-0.4, -0.2) is 5.75 Å². The fourth-order valence-corrected chi connectivity index (χ4v) is 2.22. The van der Waals surface area contributed by atoms with E-state index < -0.39 is 0 Å². The summed E-state index contributed by atoms with van der Waals surface area (Å²) in [5.74, 6) is 0.959. The monoisotopic (exact) mass is 193 g/mol. The van der Waals surface area contributed by atoms with Crippen LogP contribution in [0.5, 0.6) is 0 Å². The highest BCUT2D eigenvalue weighted by Gasteiger charge is 2.42. The van der Waals surface area contributed by atoms with Gasteiger partial charge in [-0.1, -0.05) is 24.3 Å². The van der Waals surface area contributed by atoms with Gasteiger partial charge in [0, 0.05) is 12.0 Å². The molecule has 2 heteroatoms. The Morgan fingerprint density at radius 3 is 2.69 bits per heavy atom. The van der Waals surface area contributed by atoms with Gasteiger partial charge in [-0.2, -0.15) is 12.6 Å². The van der Waals surface area contributed by atoms with E-state index in [0.717, 1.165) is 5.75 Å². The quantitative estimate of drug-likeness (QED) is 0.706. The van der Waals surface area contributed by atoms with Crippen LogP contribution in [0, 0.1) is 0 Å². The molecule has 0 heterocycles. The molecular formula is C11H15NS. The van der Waals surface area contributed by atoms with Crippen molar-refractivity contribution in [1.82, 2.24) is 0 Å². The highest BCUT2D eigenvalue weighted by Crippen LogP contribution is 2.48. The summed E-state index contributed by atoms with van der Waals surface area (Å²) in [7, 11) is 0. The van der Waals surface area contributed by atoms with Crippen LogP contribution in [0.1, 0.15) is 24.0 Å². The van der Waals surface area contributed by atoms with Crippen molar-refractivity contribution in [3.05, 3.63) is 35.4 Å². The van der Waals surface area contributed by atoms with E-state index in [0.29, 0.717) is 12.0 Å². The maximum atomic E-state index is 5.60. The zero-order valence-corrected chi connectivity index (χ0v) is 8.56. The van der Waals surface area contributed by atoms with E-state index in [1.54, 1.807) is 0 Å². The van der Waals surface area contributed by atoms with Crippen molar-refractivity contribution in [1.29, 1.82) is 0 Å². The van der Waals surface area contributed by atoms with E-state index in [4.69, 9.17) is 5.73 Å². The number of nitrogens with two attached hydrogens (primary N) is 1. The van der Waals surface area contributed by atoms with E-state index in [1.165, 1.54) is 24.0 Å². The molecule has 1 aliphatic rings. The second-order valence-corrected chi connectivity index (χ2v) is 4.16. The first kappa shape index (κ1) is 9.10. The molecule has 0 bridgehead atoms. The summed E-state index contributed by atoms with van der Waals surface area (Å²) in [6.45, 7) is 0.635. The van der Waals surface area contributed by atoms with Gasteiger partial charge >= 0.3 is 0 Å². The smallest absolute Gasteiger partial charge is 0.0178 e. The molecule has 0 aromatic heterocycles. The van der Waals surface area contributed by atoms with E-state index in [1.807, 2.05) is 0 Å². The van der Waals surface area contributed by atoms with Gasteiger partial charge in [0.2, 0.25) is 0 Å². The van der Waals surface area contributed by atoms with Crippen molar-refractivity contribution in [3.63, 3.8) is 0 Å². The molecule has 0 amide bonds. The maximum Gasteiger partial charge on any atom is 0.0178 e. The Labute approximate surface area is 84.7 Å². The molecule has 1 aromatic rings. The van der Waals surface area contributed by atoms with Gasteiger partial charge in [0.05, 0.1) is 0 Å². The van der Waals surface area contributed by atoms with Gasteiger partial charge in [-0.25, -0.2) is 0 Å². The summed E-state index contributed by atoms with van der Waals surface area (Å²) in [4.78, 5) is 0. The van der Waals surface area contributed by atoms with Crippen molar-refractivity contribution in [2.45, 2.75) is 24.8 Å². The van der Waals surface area contributed by atoms with Crippen molar-refractivity contribution < 1.29 is 0 Å². The Morgan fingerprint density at radius 1 is 1.38 bits per heavy atom. The van der Waals surface area contributed by atoms with Crippen LogP contribution >= 0.6 is 12.6 Å². The molecule has 0 saturated heterocycles. The van der Waals surface area contributed by atoms with Crippen molar-refractivity contribution >= 4 is 12.6 Å². The van der Waals surface area contributed by atoms with Crippen LogP contribution in [-0.2, 0) is 12.0 Å². The Balaban J connectivity index is 2.30. The molecule has 0 aliphatic heterocycles. The van der Waals surface area contributed by atoms with Gasteiger partial charge in [-0.15, -0.1) is 0 Å². The first-order valence-corrected chi connectivity index (χ1v) is 5.34. The Kier molecular flexibility index (Phi) is 2.35. The molecule has 0 radical (unpaired) electrons. The third-order valence-corrected chi connectivity index (χ3v) is 3.54.